The van der Waals surface area contributed by atoms with E-state index >= 15 is 0 Å². The summed E-state index contributed by atoms with van der Waals surface area (Å²) in [6.07, 6.45) is 0. The van der Waals surface area contributed by atoms with Gasteiger partial charge in [-0.15, -0.1) is 50.5 Å². The fourth-order valence-corrected chi connectivity index (χ4v) is 5.50. The second kappa shape index (κ2) is 12.7. The Morgan fingerprint density at radius 3 is 0.595 bits per heavy atom. The number of benzene rings is 6. The summed E-state index contributed by atoms with van der Waals surface area (Å²) >= 11 is 17.9. The smallest absolute Gasteiger partial charge is 0.0462 e. The van der Waals surface area contributed by atoms with E-state index in [4.69, 9.17) is 0 Å². The third-order valence-corrected chi connectivity index (χ3v) is 8.21. The van der Waals surface area contributed by atoms with Crippen molar-refractivity contribution in [1.29, 1.82) is 0 Å². The number of anilines is 6. The highest BCUT2D eigenvalue weighted by atomic mass is 32.1. The minimum Gasteiger partial charge on any atom is -0.311 e. The third-order valence-electron chi connectivity index (χ3n) is 7.02. The number of rotatable bonds is 7. The van der Waals surface area contributed by atoms with Crippen LogP contribution in [0, 0.1) is 0 Å². The Kier molecular flexibility index (Phi) is 8.58. The lowest BCUT2D eigenvalue weighted by molar-refractivity contribution is 1.26. The highest BCUT2D eigenvalue weighted by Gasteiger charge is 2.15. The molecule has 6 rings (SSSR count). The minimum absolute atomic E-state index is 0.930. The van der Waals surface area contributed by atoms with Crippen LogP contribution < -0.4 is 9.80 Å². The zero-order chi connectivity index (χ0) is 29.1. The van der Waals surface area contributed by atoms with Gasteiger partial charge in [-0.3, -0.25) is 0 Å². The molecule has 2 nitrogen and oxygen atoms in total. The Morgan fingerprint density at radius 2 is 0.405 bits per heavy atom. The van der Waals surface area contributed by atoms with E-state index < -0.39 is 0 Å². The molecule has 0 radical (unpaired) electrons. The van der Waals surface area contributed by atoms with Crippen LogP contribution in [-0.4, -0.2) is 0 Å². The molecular weight excluding hydrogens is 589 g/mol. The molecule has 0 fully saturated rings. The number of nitrogens with zero attached hydrogens (tertiary/aromatic N) is 2. The summed E-state index contributed by atoms with van der Waals surface area (Å²) in [5, 5.41) is 0. The molecule has 0 aliphatic rings. The SMILES string of the molecule is Sc1ccc(N(c2ccc(S)cc2)c2ccc(-c3ccc(N(c4ccc(S)cc4)c4ccc(S)cc4)cc3)cc2)cc1. The van der Waals surface area contributed by atoms with Crippen LogP contribution in [0.2, 0.25) is 0 Å². The molecule has 6 aromatic carbocycles. The lowest BCUT2D eigenvalue weighted by atomic mass is 10.0. The summed E-state index contributed by atoms with van der Waals surface area (Å²) in [5.74, 6) is 0. The fourth-order valence-electron chi connectivity index (χ4n) is 4.91. The summed E-state index contributed by atoms with van der Waals surface area (Å²) in [6.45, 7) is 0. The molecule has 0 saturated carbocycles. The molecule has 0 N–H and O–H groups in total. The Labute approximate surface area is 269 Å². The molecule has 0 aliphatic heterocycles. The largest absolute Gasteiger partial charge is 0.311 e. The van der Waals surface area contributed by atoms with Crippen molar-refractivity contribution in [2.24, 2.45) is 0 Å². The van der Waals surface area contributed by atoms with Gasteiger partial charge < -0.3 is 9.80 Å². The molecule has 0 saturated heterocycles. The Bertz CT molecular complexity index is 1540. The second-order valence-electron chi connectivity index (χ2n) is 9.83. The quantitative estimate of drug-likeness (QED) is 0.133. The van der Waals surface area contributed by atoms with Gasteiger partial charge >= 0.3 is 0 Å². The summed E-state index contributed by atoms with van der Waals surface area (Å²) in [6, 6.07) is 50.1. The highest BCUT2D eigenvalue weighted by molar-refractivity contribution is 7.80. The molecule has 0 bridgehead atoms. The van der Waals surface area contributed by atoms with Crippen LogP contribution in [0.3, 0.4) is 0 Å². The van der Waals surface area contributed by atoms with Crippen molar-refractivity contribution in [2.45, 2.75) is 19.6 Å². The van der Waals surface area contributed by atoms with E-state index in [2.05, 4.69) is 157 Å². The standard InChI is InChI=1S/C36H28N2S4/c39-33-17-9-29(10-18-33)37(30-11-19-34(40)20-12-30)27-5-1-25(2-6-27)26-3-7-28(8-4-26)38(31-13-21-35(41)22-14-31)32-15-23-36(42)24-16-32/h1-24,39-42H. The molecular formula is C36H28N2S4. The second-order valence-corrected chi connectivity index (χ2v) is 11.9. The van der Waals surface area contributed by atoms with Gasteiger partial charge in [-0.1, -0.05) is 24.3 Å². The van der Waals surface area contributed by atoms with Crippen LogP contribution in [0.5, 0.6) is 0 Å². The predicted molar refractivity (Wildman–Crippen MR) is 190 cm³/mol. The highest BCUT2D eigenvalue weighted by Crippen LogP contribution is 2.38. The van der Waals surface area contributed by atoms with Gasteiger partial charge in [0.05, 0.1) is 0 Å². The van der Waals surface area contributed by atoms with Gasteiger partial charge in [0.25, 0.3) is 0 Å². The third kappa shape index (κ3) is 6.37. The monoisotopic (exact) mass is 616 g/mol. The van der Waals surface area contributed by atoms with E-state index in [1.165, 1.54) is 0 Å². The van der Waals surface area contributed by atoms with Crippen LogP contribution in [-0.2, 0) is 0 Å². The molecule has 0 unspecified atom stereocenters. The molecule has 0 aliphatic carbocycles. The van der Waals surface area contributed by atoms with E-state index in [0.29, 0.717) is 0 Å². The van der Waals surface area contributed by atoms with Crippen molar-refractivity contribution in [3.63, 3.8) is 0 Å². The van der Waals surface area contributed by atoms with Gasteiger partial charge in [0.1, 0.15) is 0 Å². The molecule has 0 spiro atoms. The van der Waals surface area contributed by atoms with Gasteiger partial charge in [-0.2, -0.15) is 0 Å². The van der Waals surface area contributed by atoms with Gasteiger partial charge in [0.15, 0.2) is 0 Å². The maximum Gasteiger partial charge on any atom is 0.0462 e. The van der Waals surface area contributed by atoms with E-state index in [9.17, 15) is 0 Å². The van der Waals surface area contributed by atoms with Crippen LogP contribution in [0.1, 0.15) is 0 Å². The first-order valence-corrected chi connectivity index (χ1v) is 15.2. The molecule has 0 amide bonds. The zero-order valence-corrected chi connectivity index (χ0v) is 26.1. The van der Waals surface area contributed by atoms with Crippen LogP contribution in [0.25, 0.3) is 11.1 Å². The van der Waals surface area contributed by atoms with Crippen molar-refractivity contribution in [3.05, 3.63) is 146 Å². The van der Waals surface area contributed by atoms with Crippen LogP contribution >= 0.6 is 50.5 Å². The van der Waals surface area contributed by atoms with Crippen molar-refractivity contribution in [3.8, 4) is 11.1 Å². The molecule has 0 heterocycles. The van der Waals surface area contributed by atoms with Gasteiger partial charge in [-0.25, -0.2) is 0 Å². The molecule has 0 aromatic heterocycles. The summed E-state index contributed by atoms with van der Waals surface area (Å²) in [5.41, 5.74) is 8.69. The molecule has 6 heteroatoms. The Hall–Kier alpha value is -3.68. The van der Waals surface area contributed by atoms with Gasteiger partial charge in [-0.05, 0) is 132 Å². The van der Waals surface area contributed by atoms with Crippen LogP contribution in [0.15, 0.2) is 165 Å². The lowest BCUT2D eigenvalue weighted by Gasteiger charge is -2.26. The first kappa shape index (κ1) is 28.4. The lowest BCUT2D eigenvalue weighted by Crippen LogP contribution is -2.10. The molecule has 206 valence electrons. The van der Waals surface area contributed by atoms with Gasteiger partial charge in [0, 0.05) is 53.7 Å². The molecule has 0 atom stereocenters. The minimum atomic E-state index is 0.930. The zero-order valence-electron chi connectivity index (χ0n) is 22.5. The number of hydrogen-bond acceptors (Lipinski definition) is 6. The number of hydrogen-bond donors (Lipinski definition) is 4. The van der Waals surface area contributed by atoms with Crippen molar-refractivity contribution in [2.75, 3.05) is 9.80 Å². The molecule has 6 aromatic rings. The Morgan fingerprint density at radius 1 is 0.238 bits per heavy atom. The first-order valence-electron chi connectivity index (χ1n) is 13.4. The molecule has 42 heavy (non-hydrogen) atoms. The Balaban J connectivity index is 1.31. The van der Waals surface area contributed by atoms with E-state index in [-0.39, 0.29) is 0 Å². The first-order chi connectivity index (χ1) is 20.4. The van der Waals surface area contributed by atoms with E-state index in [0.717, 1.165) is 64.8 Å². The van der Waals surface area contributed by atoms with Crippen molar-refractivity contribution < 1.29 is 0 Å². The number of thiol groups is 4. The summed E-state index contributed by atoms with van der Waals surface area (Å²) in [4.78, 5) is 8.19. The summed E-state index contributed by atoms with van der Waals surface area (Å²) < 4.78 is 0. The van der Waals surface area contributed by atoms with E-state index in [1.54, 1.807) is 0 Å². The normalized spacial score (nSPS) is 10.9. The van der Waals surface area contributed by atoms with Gasteiger partial charge in [0.2, 0.25) is 0 Å². The maximum absolute atomic E-state index is 4.47. The van der Waals surface area contributed by atoms with Crippen molar-refractivity contribution in [1.82, 2.24) is 0 Å². The van der Waals surface area contributed by atoms with Crippen molar-refractivity contribution >= 4 is 84.6 Å². The fraction of sp³-hybridized carbons (Fsp3) is 0. The maximum atomic E-state index is 4.47. The topological polar surface area (TPSA) is 6.48 Å². The van der Waals surface area contributed by atoms with E-state index in [1.807, 2.05) is 48.5 Å². The average molecular weight is 617 g/mol. The predicted octanol–water partition coefficient (Wildman–Crippen LogP) is 11.4. The average Bonchev–Trinajstić information content (AvgIpc) is 3.02. The van der Waals surface area contributed by atoms with Crippen LogP contribution in [0.4, 0.5) is 34.1 Å². The summed E-state index contributed by atoms with van der Waals surface area (Å²) in [7, 11) is 0.